The molecule has 0 bridgehead atoms. The van der Waals surface area contributed by atoms with E-state index in [1.165, 1.54) is 4.31 Å². The molecular formula is C13H16N6O2S. The Kier molecular flexibility index (Phi) is 3.45. The standard InChI is InChI=1S/C13H16N6O2S/c1-3-19(4-2)22(20,21)8-5-6-10-9(7-8)11-12(15-10)16-13(14)18-17-11/h5-7H,3-4H2,1-2H3,(H3,14,15,16,18). The molecule has 2 aromatic heterocycles. The highest BCUT2D eigenvalue weighted by molar-refractivity contribution is 7.89. The normalized spacial score (nSPS) is 12.5. The van der Waals surface area contributed by atoms with Crippen LogP contribution in [-0.2, 0) is 10.0 Å². The summed E-state index contributed by atoms with van der Waals surface area (Å²) in [5.74, 6) is 0.0649. The Bertz CT molecular complexity index is 946. The van der Waals surface area contributed by atoms with Gasteiger partial charge in [0, 0.05) is 24.0 Å². The number of hydrogen-bond donors (Lipinski definition) is 2. The van der Waals surface area contributed by atoms with E-state index >= 15 is 0 Å². The van der Waals surface area contributed by atoms with Crippen LogP contribution in [0.2, 0.25) is 0 Å². The molecule has 3 rings (SSSR count). The van der Waals surface area contributed by atoms with Gasteiger partial charge >= 0.3 is 0 Å². The van der Waals surface area contributed by atoms with Crippen LogP contribution in [0.1, 0.15) is 13.8 Å². The highest BCUT2D eigenvalue weighted by Crippen LogP contribution is 2.26. The van der Waals surface area contributed by atoms with Crippen LogP contribution in [0, 0.1) is 0 Å². The Morgan fingerprint density at radius 1 is 1.23 bits per heavy atom. The van der Waals surface area contributed by atoms with E-state index < -0.39 is 10.0 Å². The molecule has 8 nitrogen and oxygen atoms in total. The van der Waals surface area contributed by atoms with E-state index in [-0.39, 0.29) is 10.8 Å². The first-order chi connectivity index (χ1) is 10.5. The van der Waals surface area contributed by atoms with Gasteiger partial charge in [-0.3, -0.25) is 0 Å². The number of aromatic nitrogens is 4. The lowest BCUT2D eigenvalue weighted by Gasteiger charge is -2.18. The number of benzene rings is 1. The predicted molar refractivity (Wildman–Crippen MR) is 83.7 cm³/mol. The molecule has 3 N–H and O–H groups in total. The van der Waals surface area contributed by atoms with Gasteiger partial charge in [0.2, 0.25) is 16.0 Å². The quantitative estimate of drug-likeness (QED) is 0.743. The smallest absolute Gasteiger partial charge is 0.243 e. The molecule has 0 saturated carbocycles. The second-order valence-corrected chi connectivity index (χ2v) is 6.73. The Hall–Kier alpha value is -2.26. The molecule has 0 fully saturated rings. The summed E-state index contributed by atoms with van der Waals surface area (Å²) >= 11 is 0. The number of rotatable bonds is 4. The van der Waals surface area contributed by atoms with Crippen molar-refractivity contribution in [3.8, 4) is 0 Å². The number of nitrogens with one attached hydrogen (secondary N) is 1. The first kappa shape index (κ1) is 14.7. The molecule has 0 spiro atoms. The molecule has 3 aromatic rings. The van der Waals surface area contributed by atoms with E-state index in [0.717, 1.165) is 5.52 Å². The van der Waals surface area contributed by atoms with E-state index in [9.17, 15) is 8.42 Å². The van der Waals surface area contributed by atoms with Crippen molar-refractivity contribution in [3.05, 3.63) is 18.2 Å². The van der Waals surface area contributed by atoms with Crippen molar-refractivity contribution in [2.75, 3.05) is 18.8 Å². The molecule has 0 aliphatic heterocycles. The van der Waals surface area contributed by atoms with Gasteiger partial charge in [0.15, 0.2) is 5.65 Å². The van der Waals surface area contributed by atoms with Crippen LogP contribution in [0.5, 0.6) is 0 Å². The topological polar surface area (TPSA) is 118 Å². The van der Waals surface area contributed by atoms with Crippen LogP contribution in [0.25, 0.3) is 22.1 Å². The van der Waals surface area contributed by atoms with E-state index in [1.807, 2.05) is 13.8 Å². The zero-order chi connectivity index (χ0) is 15.9. The Labute approximate surface area is 127 Å². The molecule has 0 aliphatic carbocycles. The summed E-state index contributed by atoms with van der Waals surface area (Å²) in [5, 5.41) is 8.38. The summed E-state index contributed by atoms with van der Waals surface area (Å²) in [4.78, 5) is 7.34. The average molecular weight is 320 g/mol. The van der Waals surface area contributed by atoms with E-state index in [4.69, 9.17) is 5.73 Å². The van der Waals surface area contributed by atoms with Crippen molar-refractivity contribution in [1.29, 1.82) is 0 Å². The molecule has 0 atom stereocenters. The second-order valence-electron chi connectivity index (χ2n) is 4.79. The summed E-state index contributed by atoms with van der Waals surface area (Å²) in [6.45, 7) is 4.46. The molecule has 2 heterocycles. The number of nitrogens with zero attached hydrogens (tertiary/aromatic N) is 4. The molecule has 0 saturated heterocycles. The van der Waals surface area contributed by atoms with Gasteiger partial charge in [-0.1, -0.05) is 13.8 Å². The summed E-state index contributed by atoms with van der Waals surface area (Å²) in [7, 11) is -3.52. The number of anilines is 1. The number of sulfonamides is 1. The molecule has 0 unspecified atom stereocenters. The Morgan fingerprint density at radius 2 is 1.95 bits per heavy atom. The largest absolute Gasteiger partial charge is 0.366 e. The summed E-state index contributed by atoms with van der Waals surface area (Å²) < 4.78 is 26.6. The summed E-state index contributed by atoms with van der Waals surface area (Å²) in [5.41, 5.74) is 7.24. The number of aromatic amines is 1. The fourth-order valence-electron chi connectivity index (χ4n) is 2.44. The minimum Gasteiger partial charge on any atom is -0.366 e. The second kappa shape index (κ2) is 5.18. The van der Waals surface area contributed by atoms with Crippen molar-refractivity contribution in [2.45, 2.75) is 18.7 Å². The van der Waals surface area contributed by atoms with Gasteiger partial charge in [-0.25, -0.2) is 8.42 Å². The molecule has 0 radical (unpaired) electrons. The molecule has 0 aliphatic rings. The average Bonchev–Trinajstić information content (AvgIpc) is 2.84. The van der Waals surface area contributed by atoms with E-state index in [0.29, 0.717) is 29.6 Å². The number of nitrogens with two attached hydrogens (primary N) is 1. The van der Waals surface area contributed by atoms with Crippen molar-refractivity contribution in [1.82, 2.24) is 24.5 Å². The number of hydrogen-bond acceptors (Lipinski definition) is 6. The van der Waals surface area contributed by atoms with Gasteiger partial charge in [-0.2, -0.15) is 9.29 Å². The molecule has 22 heavy (non-hydrogen) atoms. The Morgan fingerprint density at radius 3 is 2.64 bits per heavy atom. The third-order valence-electron chi connectivity index (χ3n) is 3.55. The van der Waals surface area contributed by atoms with Crippen molar-refractivity contribution in [2.24, 2.45) is 0 Å². The van der Waals surface area contributed by atoms with Gasteiger partial charge in [0.05, 0.1) is 4.90 Å². The van der Waals surface area contributed by atoms with Crippen LogP contribution in [-0.4, -0.2) is 46.0 Å². The van der Waals surface area contributed by atoms with Gasteiger partial charge < -0.3 is 10.7 Å². The van der Waals surface area contributed by atoms with E-state index in [2.05, 4.69) is 20.2 Å². The minimum absolute atomic E-state index is 0.0649. The van der Waals surface area contributed by atoms with Gasteiger partial charge in [-0.05, 0) is 18.2 Å². The monoisotopic (exact) mass is 320 g/mol. The first-order valence-electron chi connectivity index (χ1n) is 6.89. The van der Waals surface area contributed by atoms with Crippen LogP contribution in [0.4, 0.5) is 5.95 Å². The lowest BCUT2D eigenvalue weighted by Crippen LogP contribution is -2.30. The summed E-state index contributed by atoms with van der Waals surface area (Å²) in [6.07, 6.45) is 0. The number of fused-ring (bicyclic) bond motifs is 3. The zero-order valence-electron chi connectivity index (χ0n) is 12.2. The maximum absolute atomic E-state index is 12.6. The fourth-order valence-corrected chi connectivity index (χ4v) is 3.92. The number of nitrogen functional groups attached to an aromatic ring is 1. The van der Waals surface area contributed by atoms with Crippen LogP contribution < -0.4 is 5.73 Å². The highest BCUT2D eigenvalue weighted by Gasteiger charge is 2.22. The summed E-state index contributed by atoms with van der Waals surface area (Å²) in [6, 6.07) is 4.86. The SMILES string of the molecule is CCN(CC)S(=O)(=O)c1ccc2[nH]c3nc(N)nnc3c2c1. The Balaban J connectivity index is 2.23. The highest BCUT2D eigenvalue weighted by atomic mass is 32.2. The fraction of sp³-hybridized carbons (Fsp3) is 0.308. The maximum atomic E-state index is 12.6. The molecule has 9 heteroatoms. The van der Waals surface area contributed by atoms with Crippen molar-refractivity contribution < 1.29 is 8.42 Å². The zero-order valence-corrected chi connectivity index (χ0v) is 13.1. The van der Waals surface area contributed by atoms with E-state index in [1.54, 1.807) is 18.2 Å². The third kappa shape index (κ3) is 2.18. The predicted octanol–water partition coefficient (Wildman–Crippen LogP) is 1.12. The third-order valence-corrected chi connectivity index (χ3v) is 5.59. The lowest BCUT2D eigenvalue weighted by molar-refractivity contribution is 0.445. The molecular weight excluding hydrogens is 304 g/mol. The minimum atomic E-state index is -3.52. The number of H-pyrrole nitrogens is 1. The first-order valence-corrected chi connectivity index (χ1v) is 8.33. The molecule has 1 aromatic carbocycles. The van der Waals surface area contributed by atoms with Gasteiger partial charge in [0.1, 0.15) is 5.52 Å². The van der Waals surface area contributed by atoms with Gasteiger partial charge in [0.25, 0.3) is 0 Å². The van der Waals surface area contributed by atoms with Crippen molar-refractivity contribution in [3.63, 3.8) is 0 Å². The maximum Gasteiger partial charge on any atom is 0.243 e. The van der Waals surface area contributed by atoms with Crippen molar-refractivity contribution >= 4 is 38.0 Å². The molecule has 116 valence electrons. The van der Waals surface area contributed by atoms with Gasteiger partial charge in [-0.15, -0.1) is 10.2 Å². The lowest BCUT2D eigenvalue weighted by atomic mass is 10.2. The van der Waals surface area contributed by atoms with Crippen LogP contribution in [0.3, 0.4) is 0 Å². The molecule has 0 amide bonds. The van der Waals surface area contributed by atoms with Crippen LogP contribution >= 0.6 is 0 Å². The van der Waals surface area contributed by atoms with Crippen LogP contribution in [0.15, 0.2) is 23.1 Å².